The van der Waals surface area contributed by atoms with Crippen molar-refractivity contribution in [2.45, 2.75) is 11.8 Å². The van der Waals surface area contributed by atoms with E-state index in [4.69, 9.17) is 14.2 Å². The van der Waals surface area contributed by atoms with Crippen molar-refractivity contribution in [1.29, 1.82) is 0 Å². The number of carboxylic acid groups (broad SMARTS) is 1. The van der Waals surface area contributed by atoms with E-state index in [2.05, 4.69) is 0 Å². The molecule has 0 amide bonds. The third-order valence-electron chi connectivity index (χ3n) is 5.97. The zero-order chi connectivity index (χ0) is 20.8. The van der Waals surface area contributed by atoms with Gasteiger partial charge in [0, 0.05) is 11.8 Å². The maximum atomic E-state index is 12.5. The first-order chi connectivity index (χ1) is 14.6. The average Bonchev–Trinajstić information content (AvgIpc) is 3.35. The molecule has 152 valence electrons. The van der Waals surface area contributed by atoms with Gasteiger partial charge in [0.05, 0.1) is 13.0 Å². The Morgan fingerprint density at radius 1 is 0.900 bits per heavy atom. The minimum Gasteiger partial charge on any atom is -0.508 e. The Hall–Kier alpha value is -3.67. The Bertz CT molecular complexity index is 1120. The molecule has 3 unspecified atom stereocenters. The number of ether oxygens (including phenoxy) is 3. The first-order valence-corrected chi connectivity index (χ1v) is 9.66. The van der Waals surface area contributed by atoms with E-state index in [-0.39, 0.29) is 18.5 Å². The summed E-state index contributed by atoms with van der Waals surface area (Å²) in [5.41, 5.74) is 3.41. The number of fused-ring (bicyclic) bond motifs is 2. The molecule has 0 saturated heterocycles. The summed E-state index contributed by atoms with van der Waals surface area (Å²) in [6.07, 6.45) is 0. The van der Waals surface area contributed by atoms with E-state index in [1.165, 1.54) is 0 Å². The van der Waals surface area contributed by atoms with Gasteiger partial charge in [-0.1, -0.05) is 24.3 Å². The summed E-state index contributed by atoms with van der Waals surface area (Å²) in [6.45, 7) is 0.150. The molecule has 0 saturated carbocycles. The Kier molecular flexibility index (Phi) is 4.28. The number of benzene rings is 3. The highest BCUT2D eigenvalue weighted by Gasteiger charge is 2.46. The van der Waals surface area contributed by atoms with Crippen molar-refractivity contribution in [3.05, 3.63) is 82.9 Å². The highest BCUT2D eigenvalue weighted by Crippen LogP contribution is 2.54. The Morgan fingerprint density at radius 2 is 1.60 bits per heavy atom. The molecular weight excluding hydrogens is 384 g/mol. The van der Waals surface area contributed by atoms with Gasteiger partial charge in [-0.25, -0.2) is 0 Å². The zero-order valence-electron chi connectivity index (χ0n) is 16.2. The second-order valence-electron chi connectivity index (χ2n) is 7.52. The van der Waals surface area contributed by atoms with Crippen molar-refractivity contribution in [3.63, 3.8) is 0 Å². The monoisotopic (exact) mass is 404 g/mol. The number of carbonyl (C=O) groups is 1. The normalized spacial score (nSPS) is 21.3. The van der Waals surface area contributed by atoms with Crippen LogP contribution >= 0.6 is 0 Å². The Labute approximate surface area is 173 Å². The van der Waals surface area contributed by atoms with Crippen LogP contribution < -0.4 is 14.2 Å². The van der Waals surface area contributed by atoms with Gasteiger partial charge in [-0.05, 0) is 58.7 Å². The van der Waals surface area contributed by atoms with Gasteiger partial charge in [0.25, 0.3) is 0 Å². The van der Waals surface area contributed by atoms with Gasteiger partial charge >= 0.3 is 5.97 Å². The molecule has 0 aromatic heterocycles. The minimum absolute atomic E-state index is 0.110. The van der Waals surface area contributed by atoms with Crippen LogP contribution in [0, 0.1) is 5.92 Å². The van der Waals surface area contributed by atoms with Crippen LogP contribution in [0.5, 0.6) is 23.0 Å². The fourth-order valence-electron chi connectivity index (χ4n) is 4.67. The van der Waals surface area contributed by atoms with Crippen molar-refractivity contribution in [2.24, 2.45) is 5.92 Å². The van der Waals surface area contributed by atoms with Crippen LogP contribution in [0.15, 0.2) is 60.7 Å². The van der Waals surface area contributed by atoms with Crippen molar-refractivity contribution >= 4 is 5.97 Å². The maximum Gasteiger partial charge on any atom is 0.308 e. The first kappa shape index (κ1) is 18.4. The van der Waals surface area contributed by atoms with Gasteiger partial charge in [0.15, 0.2) is 11.5 Å². The third-order valence-corrected chi connectivity index (χ3v) is 5.97. The number of phenols is 1. The molecule has 1 aliphatic heterocycles. The van der Waals surface area contributed by atoms with Gasteiger partial charge in [0.2, 0.25) is 6.79 Å². The fourth-order valence-corrected chi connectivity index (χ4v) is 4.67. The molecular formula is C24H20O6. The summed E-state index contributed by atoms with van der Waals surface area (Å²) >= 11 is 0. The topological polar surface area (TPSA) is 85.2 Å². The molecule has 0 radical (unpaired) electrons. The summed E-state index contributed by atoms with van der Waals surface area (Å²) < 4.78 is 16.2. The van der Waals surface area contributed by atoms with Gasteiger partial charge < -0.3 is 24.4 Å². The lowest BCUT2D eigenvalue weighted by atomic mass is 9.79. The lowest BCUT2D eigenvalue weighted by molar-refractivity contribution is -0.142. The van der Waals surface area contributed by atoms with Crippen molar-refractivity contribution in [2.75, 3.05) is 13.9 Å². The van der Waals surface area contributed by atoms with Crippen LogP contribution in [0.25, 0.3) is 0 Å². The SMILES string of the molecule is COc1ccc(C2c3ccc(O)cc3C(c3ccc4c(c3)OCO4)C2C(=O)O)cc1. The van der Waals surface area contributed by atoms with E-state index in [1.54, 1.807) is 25.3 Å². The quantitative estimate of drug-likeness (QED) is 0.681. The molecule has 3 atom stereocenters. The number of hydrogen-bond acceptors (Lipinski definition) is 5. The lowest BCUT2D eigenvalue weighted by Gasteiger charge is -2.23. The molecule has 0 bridgehead atoms. The standard InChI is InChI=1S/C24H20O6/c1-28-16-6-2-13(3-7-16)21-17-8-5-15(25)11-18(17)22(23(21)24(26)27)14-4-9-19-20(10-14)30-12-29-19/h2-11,21-23,25H,12H2,1H3,(H,26,27). The summed E-state index contributed by atoms with van der Waals surface area (Å²) in [5.74, 6) is -0.367. The first-order valence-electron chi connectivity index (χ1n) is 9.66. The van der Waals surface area contributed by atoms with Crippen LogP contribution in [0.4, 0.5) is 0 Å². The van der Waals surface area contributed by atoms with Crippen LogP contribution in [-0.2, 0) is 4.79 Å². The molecule has 6 nitrogen and oxygen atoms in total. The molecule has 2 N–H and O–H groups in total. The van der Waals surface area contributed by atoms with Crippen LogP contribution in [0.2, 0.25) is 0 Å². The second kappa shape index (κ2) is 6.99. The van der Waals surface area contributed by atoms with Gasteiger partial charge in [-0.2, -0.15) is 0 Å². The van der Waals surface area contributed by atoms with Crippen LogP contribution in [0.3, 0.4) is 0 Å². The molecule has 3 aromatic rings. The van der Waals surface area contributed by atoms with E-state index < -0.39 is 17.8 Å². The maximum absolute atomic E-state index is 12.5. The van der Waals surface area contributed by atoms with E-state index in [0.717, 1.165) is 22.3 Å². The zero-order valence-corrected chi connectivity index (χ0v) is 16.2. The molecule has 0 fully saturated rings. The molecule has 30 heavy (non-hydrogen) atoms. The number of aromatic hydroxyl groups is 1. The van der Waals surface area contributed by atoms with E-state index in [9.17, 15) is 15.0 Å². The largest absolute Gasteiger partial charge is 0.508 e. The second-order valence-corrected chi connectivity index (χ2v) is 7.52. The van der Waals surface area contributed by atoms with E-state index in [0.29, 0.717) is 17.2 Å². The average molecular weight is 404 g/mol. The number of hydrogen-bond donors (Lipinski definition) is 2. The molecule has 5 rings (SSSR count). The van der Waals surface area contributed by atoms with Crippen molar-refractivity contribution < 1.29 is 29.2 Å². The van der Waals surface area contributed by atoms with Gasteiger partial charge in [-0.3, -0.25) is 4.79 Å². The number of methoxy groups -OCH3 is 1. The molecule has 6 heteroatoms. The highest BCUT2D eigenvalue weighted by atomic mass is 16.7. The van der Waals surface area contributed by atoms with Crippen molar-refractivity contribution in [1.82, 2.24) is 0 Å². The number of phenolic OH excluding ortho intramolecular Hbond substituents is 1. The fraction of sp³-hybridized carbons (Fsp3) is 0.208. The molecule has 1 aliphatic carbocycles. The Morgan fingerprint density at radius 3 is 2.33 bits per heavy atom. The molecule has 0 spiro atoms. The van der Waals surface area contributed by atoms with Crippen LogP contribution in [0.1, 0.15) is 34.1 Å². The molecule has 3 aromatic carbocycles. The minimum atomic E-state index is -0.894. The van der Waals surface area contributed by atoms with E-state index in [1.807, 2.05) is 42.5 Å². The summed E-state index contributed by atoms with van der Waals surface area (Å²) in [6, 6.07) is 18.1. The summed E-state index contributed by atoms with van der Waals surface area (Å²) in [5, 5.41) is 20.4. The number of aliphatic carboxylic acids is 1. The van der Waals surface area contributed by atoms with E-state index >= 15 is 0 Å². The smallest absolute Gasteiger partial charge is 0.308 e. The predicted octanol–water partition coefficient (Wildman–Crippen LogP) is 4.11. The summed E-state index contributed by atoms with van der Waals surface area (Å²) in [4.78, 5) is 12.5. The van der Waals surface area contributed by atoms with Crippen LogP contribution in [-0.4, -0.2) is 30.1 Å². The molecule has 1 heterocycles. The Balaban J connectivity index is 1.68. The van der Waals surface area contributed by atoms with Crippen molar-refractivity contribution in [3.8, 4) is 23.0 Å². The lowest BCUT2D eigenvalue weighted by Crippen LogP contribution is -2.23. The highest BCUT2D eigenvalue weighted by molar-refractivity contribution is 5.78. The third kappa shape index (κ3) is 2.84. The number of carboxylic acids is 1. The van der Waals surface area contributed by atoms with Gasteiger partial charge in [-0.15, -0.1) is 0 Å². The van der Waals surface area contributed by atoms with Gasteiger partial charge in [0.1, 0.15) is 11.5 Å². The predicted molar refractivity (Wildman–Crippen MR) is 108 cm³/mol. The molecule has 2 aliphatic rings. The summed E-state index contributed by atoms with van der Waals surface area (Å²) in [7, 11) is 1.60. The number of rotatable bonds is 4.